The SMILES string of the molecule is Cn1cc(C2CN(C(=O)C3(c4ccc(Cl)nc4)CC3)CC2(C)C)cn1. The highest BCUT2D eigenvalue weighted by Crippen LogP contribution is 2.52. The minimum atomic E-state index is -0.391. The molecule has 0 spiro atoms. The smallest absolute Gasteiger partial charge is 0.233 e. The van der Waals surface area contributed by atoms with Crippen LogP contribution in [0.2, 0.25) is 5.15 Å². The molecule has 4 rings (SSSR count). The summed E-state index contributed by atoms with van der Waals surface area (Å²) in [6.45, 7) is 6.00. The average molecular weight is 359 g/mol. The number of hydrogen-bond donors (Lipinski definition) is 0. The summed E-state index contributed by atoms with van der Waals surface area (Å²) in [5, 5.41) is 4.77. The van der Waals surface area contributed by atoms with Crippen LogP contribution >= 0.6 is 11.6 Å². The molecule has 1 amide bonds. The molecule has 0 N–H and O–H groups in total. The van der Waals surface area contributed by atoms with E-state index in [0.717, 1.165) is 31.5 Å². The maximum atomic E-state index is 13.3. The van der Waals surface area contributed by atoms with Gasteiger partial charge in [0.15, 0.2) is 0 Å². The third-order valence-electron chi connectivity index (χ3n) is 5.80. The second-order valence-corrected chi connectivity index (χ2v) is 8.51. The number of halogens is 1. The summed E-state index contributed by atoms with van der Waals surface area (Å²) in [6, 6.07) is 3.72. The van der Waals surface area contributed by atoms with E-state index in [1.807, 2.05) is 28.9 Å². The van der Waals surface area contributed by atoms with Crippen LogP contribution < -0.4 is 0 Å². The molecule has 1 unspecified atom stereocenters. The van der Waals surface area contributed by atoms with E-state index in [-0.39, 0.29) is 11.3 Å². The van der Waals surface area contributed by atoms with E-state index in [0.29, 0.717) is 11.1 Å². The van der Waals surface area contributed by atoms with E-state index in [1.165, 1.54) is 5.56 Å². The molecule has 1 saturated heterocycles. The number of aryl methyl sites for hydroxylation is 1. The van der Waals surface area contributed by atoms with Gasteiger partial charge in [-0.1, -0.05) is 31.5 Å². The predicted molar refractivity (Wildman–Crippen MR) is 96.5 cm³/mol. The summed E-state index contributed by atoms with van der Waals surface area (Å²) in [6.07, 6.45) is 7.53. The summed E-state index contributed by atoms with van der Waals surface area (Å²) in [4.78, 5) is 19.5. The van der Waals surface area contributed by atoms with Gasteiger partial charge in [-0.05, 0) is 35.4 Å². The maximum absolute atomic E-state index is 13.3. The van der Waals surface area contributed by atoms with Crippen molar-refractivity contribution in [3.63, 3.8) is 0 Å². The van der Waals surface area contributed by atoms with E-state index in [2.05, 4.69) is 30.1 Å². The molecule has 25 heavy (non-hydrogen) atoms. The molecular weight excluding hydrogens is 336 g/mol. The first-order valence-corrected chi connectivity index (χ1v) is 9.10. The Kier molecular flexibility index (Phi) is 3.69. The lowest BCUT2D eigenvalue weighted by Crippen LogP contribution is -2.38. The van der Waals surface area contributed by atoms with E-state index in [9.17, 15) is 4.79 Å². The zero-order valence-electron chi connectivity index (χ0n) is 14.9. The number of pyridine rings is 1. The number of rotatable bonds is 3. The van der Waals surface area contributed by atoms with Crippen molar-refractivity contribution < 1.29 is 4.79 Å². The molecule has 1 aliphatic carbocycles. The lowest BCUT2D eigenvalue weighted by Gasteiger charge is -2.25. The lowest BCUT2D eigenvalue weighted by molar-refractivity contribution is -0.133. The molecule has 0 bridgehead atoms. The van der Waals surface area contributed by atoms with Gasteiger partial charge in [0.2, 0.25) is 5.91 Å². The van der Waals surface area contributed by atoms with Crippen LogP contribution in [0.4, 0.5) is 0 Å². The quantitative estimate of drug-likeness (QED) is 0.792. The first-order valence-electron chi connectivity index (χ1n) is 8.72. The highest BCUT2D eigenvalue weighted by Gasteiger charge is 2.55. The molecule has 132 valence electrons. The van der Waals surface area contributed by atoms with Gasteiger partial charge in [0.25, 0.3) is 0 Å². The van der Waals surface area contributed by atoms with Gasteiger partial charge in [0.1, 0.15) is 5.15 Å². The van der Waals surface area contributed by atoms with Crippen molar-refractivity contribution in [1.29, 1.82) is 0 Å². The van der Waals surface area contributed by atoms with Crippen LogP contribution in [0, 0.1) is 5.41 Å². The Balaban J connectivity index is 1.58. The molecule has 0 aromatic carbocycles. The second kappa shape index (κ2) is 5.56. The Bertz CT molecular complexity index is 807. The van der Waals surface area contributed by atoms with Crippen LogP contribution in [-0.4, -0.2) is 38.7 Å². The normalized spacial score (nSPS) is 23.7. The second-order valence-electron chi connectivity index (χ2n) is 8.13. The molecule has 6 heteroatoms. The summed E-state index contributed by atoms with van der Waals surface area (Å²) in [5.41, 5.74) is 1.84. The zero-order valence-corrected chi connectivity index (χ0v) is 15.6. The number of amides is 1. The molecule has 1 atom stereocenters. The zero-order chi connectivity index (χ0) is 17.8. The fourth-order valence-corrected chi connectivity index (χ4v) is 4.29. The van der Waals surface area contributed by atoms with Crippen LogP contribution in [0.25, 0.3) is 0 Å². The number of nitrogens with zero attached hydrogens (tertiary/aromatic N) is 4. The molecule has 3 heterocycles. The Hall–Kier alpha value is -1.88. The van der Waals surface area contributed by atoms with Crippen molar-refractivity contribution in [2.45, 2.75) is 38.0 Å². The van der Waals surface area contributed by atoms with Crippen molar-refractivity contribution in [3.05, 3.63) is 47.0 Å². The Morgan fingerprint density at radius 3 is 2.60 bits per heavy atom. The van der Waals surface area contributed by atoms with Crippen molar-refractivity contribution in [3.8, 4) is 0 Å². The highest BCUT2D eigenvalue weighted by molar-refractivity contribution is 6.29. The number of likely N-dealkylation sites (tertiary alicyclic amines) is 1. The molecule has 2 aromatic rings. The van der Waals surface area contributed by atoms with Gasteiger partial charge < -0.3 is 4.90 Å². The minimum Gasteiger partial charge on any atom is -0.341 e. The first-order chi connectivity index (χ1) is 11.8. The molecular formula is C19H23ClN4O. The number of carbonyl (C=O) groups is 1. The van der Waals surface area contributed by atoms with Crippen LogP contribution in [-0.2, 0) is 17.3 Å². The maximum Gasteiger partial charge on any atom is 0.233 e. The third-order valence-corrected chi connectivity index (χ3v) is 6.02. The topological polar surface area (TPSA) is 51.0 Å². The van der Waals surface area contributed by atoms with Gasteiger partial charge in [0.05, 0.1) is 11.6 Å². The number of carbonyl (C=O) groups excluding carboxylic acids is 1. The Morgan fingerprint density at radius 2 is 2.04 bits per heavy atom. The van der Waals surface area contributed by atoms with Crippen molar-refractivity contribution in [2.24, 2.45) is 12.5 Å². The van der Waals surface area contributed by atoms with Gasteiger partial charge in [0, 0.05) is 38.4 Å². The van der Waals surface area contributed by atoms with Gasteiger partial charge in [-0.25, -0.2) is 4.98 Å². The molecule has 0 radical (unpaired) electrons. The van der Waals surface area contributed by atoms with Gasteiger partial charge in [-0.15, -0.1) is 0 Å². The summed E-state index contributed by atoms with van der Waals surface area (Å²) < 4.78 is 1.83. The van der Waals surface area contributed by atoms with Gasteiger partial charge in [-0.2, -0.15) is 5.10 Å². The van der Waals surface area contributed by atoms with E-state index < -0.39 is 5.41 Å². The van der Waals surface area contributed by atoms with E-state index >= 15 is 0 Å². The molecule has 2 aromatic heterocycles. The molecule has 2 aliphatic rings. The Morgan fingerprint density at radius 1 is 1.28 bits per heavy atom. The van der Waals surface area contributed by atoms with Crippen LogP contribution in [0.5, 0.6) is 0 Å². The minimum absolute atomic E-state index is 0.0347. The lowest BCUT2D eigenvalue weighted by atomic mass is 9.79. The third kappa shape index (κ3) is 2.74. The first kappa shape index (κ1) is 16.6. The van der Waals surface area contributed by atoms with Crippen LogP contribution in [0.15, 0.2) is 30.7 Å². The number of aromatic nitrogens is 3. The molecule has 1 aliphatic heterocycles. The van der Waals surface area contributed by atoms with Crippen molar-refractivity contribution >= 4 is 17.5 Å². The highest BCUT2D eigenvalue weighted by atomic mass is 35.5. The monoisotopic (exact) mass is 358 g/mol. The molecule has 5 nitrogen and oxygen atoms in total. The van der Waals surface area contributed by atoms with E-state index in [1.54, 1.807) is 12.3 Å². The van der Waals surface area contributed by atoms with E-state index in [4.69, 9.17) is 11.6 Å². The van der Waals surface area contributed by atoms with Crippen LogP contribution in [0.3, 0.4) is 0 Å². The Labute approximate surface area is 153 Å². The fourth-order valence-electron chi connectivity index (χ4n) is 4.18. The standard InChI is InChI=1S/C19H23ClN4O/c1-18(2)12-24(11-15(18)13-8-22-23(3)10-13)17(25)19(6-7-19)14-4-5-16(20)21-9-14/h4-5,8-10,15H,6-7,11-12H2,1-3H3. The fraction of sp³-hybridized carbons (Fsp3) is 0.526. The average Bonchev–Trinajstić information content (AvgIpc) is 3.16. The summed E-state index contributed by atoms with van der Waals surface area (Å²) >= 11 is 5.90. The van der Waals surface area contributed by atoms with Crippen LogP contribution in [0.1, 0.15) is 43.7 Å². The molecule has 1 saturated carbocycles. The van der Waals surface area contributed by atoms with Crippen molar-refractivity contribution in [2.75, 3.05) is 13.1 Å². The largest absolute Gasteiger partial charge is 0.341 e. The summed E-state index contributed by atoms with van der Waals surface area (Å²) in [5.74, 6) is 0.542. The van der Waals surface area contributed by atoms with Gasteiger partial charge >= 0.3 is 0 Å². The van der Waals surface area contributed by atoms with Gasteiger partial charge in [-0.3, -0.25) is 9.48 Å². The van der Waals surface area contributed by atoms with Crippen molar-refractivity contribution in [1.82, 2.24) is 19.7 Å². The number of hydrogen-bond acceptors (Lipinski definition) is 3. The summed E-state index contributed by atoms with van der Waals surface area (Å²) in [7, 11) is 1.93. The molecule has 2 fully saturated rings. The predicted octanol–water partition coefficient (Wildman–Crippen LogP) is 3.15.